The van der Waals surface area contributed by atoms with Crippen LogP contribution in [0.2, 0.25) is 5.28 Å². The zero-order chi connectivity index (χ0) is 15.0. The van der Waals surface area contributed by atoms with Crippen LogP contribution >= 0.6 is 11.6 Å². The minimum absolute atomic E-state index is 0.0109. The molecule has 2 aromatic heterocycles. The zero-order valence-corrected chi connectivity index (χ0v) is 11.9. The molecule has 1 aliphatic rings. The Balaban J connectivity index is 1.81. The smallest absolute Gasteiger partial charge is 0.404 e. The van der Waals surface area contributed by atoms with Crippen LogP contribution in [0, 0.1) is 0 Å². The number of hydrogen-bond acceptors (Lipinski definition) is 5. The quantitative estimate of drug-likeness (QED) is 0.728. The summed E-state index contributed by atoms with van der Waals surface area (Å²) >= 11 is 5.85. The molecule has 1 amide bonds. The van der Waals surface area contributed by atoms with Crippen LogP contribution in [-0.4, -0.2) is 36.8 Å². The fraction of sp³-hybridized carbons (Fsp3) is 0.500. The second kappa shape index (κ2) is 5.36. The lowest BCUT2D eigenvalue weighted by Gasteiger charge is -2.29. The molecule has 0 saturated heterocycles. The number of aromatic nitrogens is 4. The molecule has 1 aliphatic carbocycles. The lowest BCUT2D eigenvalue weighted by molar-refractivity contribution is 0.182. The van der Waals surface area contributed by atoms with Crippen LogP contribution in [-0.2, 0) is 0 Å². The number of nitrogens with zero attached hydrogens (tertiary/aromatic N) is 4. The summed E-state index contributed by atoms with van der Waals surface area (Å²) in [5.74, 6) is 0.268. The van der Waals surface area contributed by atoms with Crippen LogP contribution in [0.25, 0.3) is 11.2 Å². The number of nitrogen functional groups attached to an aromatic ring is 1. The molecule has 4 N–H and O–H groups in total. The molecule has 112 valence electrons. The van der Waals surface area contributed by atoms with Crippen molar-refractivity contribution in [3.05, 3.63) is 11.6 Å². The molecule has 2 heterocycles. The Kier molecular flexibility index (Phi) is 3.54. The van der Waals surface area contributed by atoms with Gasteiger partial charge in [0.2, 0.25) is 5.28 Å². The number of carboxylic acid groups (broad SMARTS) is 1. The molecule has 0 aromatic carbocycles. The molecule has 1 saturated carbocycles. The van der Waals surface area contributed by atoms with Crippen LogP contribution in [0.5, 0.6) is 0 Å². The second-order valence-corrected chi connectivity index (χ2v) is 5.49. The topological polar surface area (TPSA) is 119 Å². The Morgan fingerprint density at radius 3 is 2.76 bits per heavy atom. The van der Waals surface area contributed by atoms with E-state index in [9.17, 15) is 4.79 Å². The maximum atomic E-state index is 10.7. The van der Waals surface area contributed by atoms with Crippen molar-refractivity contribution in [1.82, 2.24) is 24.8 Å². The Labute approximate surface area is 125 Å². The maximum Gasteiger partial charge on any atom is 0.404 e. The molecule has 0 atom stereocenters. The summed E-state index contributed by atoms with van der Waals surface area (Å²) in [7, 11) is 0. The average molecular weight is 311 g/mol. The van der Waals surface area contributed by atoms with E-state index in [-0.39, 0.29) is 23.2 Å². The molecule has 0 aliphatic heterocycles. The molecule has 1 fully saturated rings. The van der Waals surface area contributed by atoms with Crippen molar-refractivity contribution in [2.45, 2.75) is 37.8 Å². The van der Waals surface area contributed by atoms with E-state index >= 15 is 0 Å². The highest BCUT2D eigenvalue weighted by Crippen LogP contribution is 2.31. The molecule has 0 bridgehead atoms. The van der Waals surface area contributed by atoms with Crippen LogP contribution in [0.15, 0.2) is 6.33 Å². The summed E-state index contributed by atoms with van der Waals surface area (Å²) in [5.41, 5.74) is 6.96. The number of nitrogens with two attached hydrogens (primary N) is 1. The van der Waals surface area contributed by atoms with Crippen molar-refractivity contribution >= 4 is 34.7 Å². The average Bonchev–Trinajstić information content (AvgIpc) is 2.83. The monoisotopic (exact) mass is 310 g/mol. The van der Waals surface area contributed by atoms with Gasteiger partial charge in [-0.2, -0.15) is 9.97 Å². The van der Waals surface area contributed by atoms with Gasteiger partial charge >= 0.3 is 6.09 Å². The standard InChI is InChI=1S/C12H15ClN6O2/c13-11-17-9(14)8-10(18-11)19(5-15-8)7-3-1-6(2-4-7)16-12(20)21/h5-7,16H,1-4H2,(H,20,21)(H2,14,17,18)/t6-,7+. The minimum Gasteiger partial charge on any atom is -0.465 e. The third-order valence-corrected chi connectivity index (χ3v) is 4.01. The lowest BCUT2D eigenvalue weighted by atomic mass is 9.91. The summed E-state index contributed by atoms with van der Waals surface area (Å²) < 4.78 is 1.95. The first-order chi connectivity index (χ1) is 10.0. The van der Waals surface area contributed by atoms with Crippen molar-refractivity contribution in [2.24, 2.45) is 0 Å². The van der Waals surface area contributed by atoms with Crippen LogP contribution in [0.1, 0.15) is 31.7 Å². The third-order valence-electron chi connectivity index (χ3n) is 3.84. The highest BCUT2D eigenvalue weighted by molar-refractivity contribution is 6.28. The predicted molar refractivity (Wildman–Crippen MR) is 77.2 cm³/mol. The number of amides is 1. The van der Waals surface area contributed by atoms with Gasteiger partial charge in [-0.25, -0.2) is 9.78 Å². The van der Waals surface area contributed by atoms with E-state index in [1.165, 1.54) is 0 Å². The van der Waals surface area contributed by atoms with Crippen LogP contribution in [0.4, 0.5) is 10.6 Å². The number of halogens is 1. The van der Waals surface area contributed by atoms with Gasteiger partial charge in [-0.3, -0.25) is 0 Å². The van der Waals surface area contributed by atoms with Gasteiger partial charge in [-0.05, 0) is 37.3 Å². The molecule has 3 rings (SSSR count). The number of carbonyl (C=O) groups is 1. The number of fused-ring (bicyclic) bond motifs is 1. The number of rotatable bonds is 2. The molecular weight excluding hydrogens is 296 g/mol. The van der Waals surface area contributed by atoms with E-state index in [1.807, 2.05) is 4.57 Å². The number of anilines is 1. The molecule has 2 aromatic rings. The molecule has 21 heavy (non-hydrogen) atoms. The van der Waals surface area contributed by atoms with Crippen molar-refractivity contribution in [3.63, 3.8) is 0 Å². The lowest BCUT2D eigenvalue weighted by Crippen LogP contribution is -2.37. The predicted octanol–water partition coefficient (Wildman–Crippen LogP) is 1.81. The fourth-order valence-electron chi connectivity index (χ4n) is 2.85. The van der Waals surface area contributed by atoms with Gasteiger partial charge < -0.3 is 20.7 Å². The highest BCUT2D eigenvalue weighted by Gasteiger charge is 2.25. The number of nitrogens with one attached hydrogen (secondary N) is 1. The number of hydrogen-bond donors (Lipinski definition) is 3. The zero-order valence-electron chi connectivity index (χ0n) is 11.2. The van der Waals surface area contributed by atoms with Gasteiger partial charge in [-0.1, -0.05) is 0 Å². The largest absolute Gasteiger partial charge is 0.465 e. The van der Waals surface area contributed by atoms with Crippen molar-refractivity contribution in [2.75, 3.05) is 5.73 Å². The second-order valence-electron chi connectivity index (χ2n) is 5.16. The van der Waals surface area contributed by atoms with Gasteiger partial charge in [0, 0.05) is 12.1 Å². The summed E-state index contributed by atoms with van der Waals surface area (Å²) in [6.45, 7) is 0. The molecule has 0 radical (unpaired) electrons. The fourth-order valence-corrected chi connectivity index (χ4v) is 3.02. The van der Waals surface area contributed by atoms with Crippen molar-refractivity contribution in [1.29, 1.82) is 0 Å². The van der Waals surface area contributed by atoms with E-state index in [4.69, 9.17) is 22.4 Å². The molecule has 0 unspecified atom stereocenters. The molecular formula is C12H15ClN6O2. The normalized spacial score (nSPS) is 22.3. The van der Waals surface area contributed by atoms with Crippen molar-refractivity contribution in [3.8, 4) is 0 Å². The summed E-state index contributed by atoms with van der Waals surface area (Å²) in [6.07, 6.45) is 3.98. The summed E-state index contributed by atoms with van der Waals surface area (Å²) in [5, 5.41) is 11.4. The first-order valence-corrected chi connectivity index (χ1v) is 7.07. The van der Waals surface area contributed by atoms with E-state index in [1.54, 1.807) is 6.33 Å². The Hall–Kier alpha value is -2.09. The maximum absolute atomic E-state index is 10.7. The first-order valence-electron chi connectivity index (χ1n) is 6.69. The van der Waals surface area contributed by atoms with Gasteiger partial charge in [0.25, 0.3) is 0 Å². The van der Waals surface area contributed by atoms with Gasteiger partial charge in [0.15, 0.2) is 11.5 Å². The summed E-state index contributed by atoms with van der Waals surface area (Å²) in [4.78, 5) is 23.0. The molecule has 0 spiro atoms. The Morgan fingerprint density at radius 2 is 2.10 bits per heavy atom. The van der Waals surface area contributed by atoms with Gasteiger partial charge in [0.1, 0.15) is 5.52 Å². The first kappa shape index (κ1) is 13.9. The third kappa shape index (κ3) is 2.71. The highest BCUT2D eigenvalue weighted by atomic mass is 35.5. The van der Waals surface area contributed by atoms with Crippen LogP contribution in [0.3, 0.4) is 0 Å². The SMILES string of the molecule is Nc1nc(Cl)nc2c1ncn2[C@H]1CC[C@@H](NC(=O)O)CC1. The van der Waals surface area contributed by atoms with E-state index in [0.717, 1.165) is 25.7 Å². The number of imidazole rings is 1. The Morgan fingerprint density at radius 1 is 1.38 bits per heavy atom. The van der Waals surface area contributed by atoms with E-state index < -0.39 is 6.09 Å². The molecule has 8 nitrogen and oxygen atoms in total. The van der Waals surface area contributed by atoms with Gasteiger partial charge in [0.05, 0.1) is 6.33 Å². The minimum atomic E-state index is -0.973. The van der Waals surface area contributed by atoms with Crippen molar-refractivity contribution < 1.29 is 9.90 Å². The van der Waals surface area contributed by atoms with Crippen LogP contribution < -0.4 is 11.1 Å². The molecule has 9 heteroatoms. The van der Waals surface area contributed by atoms with E-state index in [0.29, 0.717) is 11.2 Å². The summed E-state index contributed by atoms with van der Waals surface area (Å²) in [6, 6.07) is 0.226. The van der Waals surface area contributed by atoms with E-state index in [2.05, 4.69) is 20.3 Å². The Bertz CT molecular complexity index is 680. The van der Waals surface area contributed by atoms with Gasteiger partial charge in [-0.15, -0.1) is 0 Å².